The first-order valence-corrected chi connectivity index (χ1v) is 2.95. The lowest BCUT2D eigenvalue weighted by Gasteiger charge is -1.94. The van der Waals surface area contributed by atoms with Crippen LogP contribution in [-0.2, 0) is 4.79 Å². The van der Waals surface area contributed by atoms with Crippen molar-refractivity contribution >= 4 is 5.91 Å². The van der Waals surface area contributed by atoms with E-state index in [2.05, 4.69) is 0 Å². The van der Waals surface area contributed by atoms with Crippen LogP contribution in [-0.4, -0.2) is 5.91 Å². The zero-order chi connectivity index (χ0) is 8.15. The molecule has 0 radical (unpaired) electrons. The molecule has 0 aromatic heterocycles. The fourth-order valence-electron chi connectivity index (χ4n) is 0.494. The average Bonchev–Trinajstić information content (AvgIpc) is 1.87. The molecule has 0 bridgehead atoms. The Labute approximate surface area is 60.1 Å². The van der Waals surface area contributed by atoms with Crippen molar-refractivity contribution in [1.29, 1.82) is 5.26 Å². The normalized spacial score (nSPS) is 13.9. The Morgan fingerprint density at radius 3 is 2.60 bits per heavy atom. The third-order valence-corrected chi connectivity index (χ3v) is 1.09. The van der Waals surface area contributed by atoms with Gasteiger partial charge in [0.1, 0.15) is 0 Å². The molecule has 1 unspecified atom stereocenters. The summed E-state index contributed by atoms with van der Waals surface area (Å²) in [6.45, 7) is 3.29. The Hall–Kier alpha value is -1.30. The molecule has 10 heavy (non-hydrogen) atoms. The van der Waals surface area contributed by atoms with Gasteiger partial charge in [-0.05, 0) is 13.8 Å². The van der Waals surface area contributed by atoms with Crippen LogP contribution >= 0.6 is 0 Å². The number of carbonyl (C=O) groups excluding carboxylic acids is 1. The van der Waals surface area contributed by atoms with Gasteiger partial charge in [-0.2, -0.15) is 5.26 Å². The molecule has 3 heteroatoms. The lowest BCUT2D eigenvalue weighted by atomic mass is 10.1. The van der Waals surface area contributed by atoms with Gasteiger partial charge in [0, 0.05) is 5.57 Å². The number of carbonyl (C=O) groups is 1. The molecule has 0 aromatic rings. The molecule has 54 valence electrons. The highest BCUT2D eigenvalue weighted by Crippen LogP contribution is 1.99. The van der Waals surface area contributed by atoms with Gasteiger partial charge >= 0.3 is 0 Å². The third kappa shape index (κ3) is 2.88. The van der Waals surface area contributed by atoms with Crippen LogP contribution in [0.3, 0.4) is 0 Å². The fourth-order valence-corrected chi connectivity index (χ4v) is 0.494. The van der Waals surface area contributed by atoms with E-state index in [4.69, 9.17) is 11.0 Å². The van der Waals surface area contributed by atoms with Crippen molar-refractivity contribution in [3.63, 3.8) is 0 Å². The lowest BCUT2D eigenvalue weighted by Crippen LogP contribution is -2.12. The first kappa shape index (κ1) is 8.70. The number of hydrogen-bond donors (Lipinski definition) is 1. The van der Waals surface area contributed by atoms with Crippen molar-refractivity contribution in [3.05, 3.63) is 11.6 Å². The number of rotatable bonds is 2. The molecular weight excluding hydrogens is 128 g/mol. The Bertz CT molecular complexity index is 200. The Morgan fingerprint density at radius 1 is 1.80 bits per heavy atom. The molecule has 0 aliphatic carbocycles. The predicted octanol–water partition coefficient (Wildman–Crippen LogP) is 0.578. The first-order valence-electron chi connectivity index (χ1n) is 2.95. The minimum Gasteiger partial charge on any atom is -0.366 e. The highest BCUT2D eigenvalue weighted by Gasteiger charge is 1.99. The zero-order valence-corrected chi connectivity index (χ0v) is 6.09. The van der Waals surface area contributed by atoms with Crippen LogP contribution in [0.1, 0.15) is 13.8 Å². The summed E-state index contributed by atoms with van der Waals surface area (Å²) in [6.07, 6.45) is 1.54. The predicted molar refractivity (Wildman–Crippen MR) is 37.7 cm³/mol. The van der Waals surface area contributed by atoms with Crippen LogP contribution in [0.25, 0.3) is 0 Å². The SMILES string of the molecule is CC(=CC(C)C#N)C(N)=O. The van der Waals surface area contributed by atoms with Crippen LogP contribution in [0.15, 0.2) is 11.6 Å². The number of nitrogens with zero attached hydrogens (tertiary/aromatic N) is 1. The maximum absolute atomic E-state index is 10.4. The minimum atomic E-state index is -0.470. The van der Waals surface area contributed by atoms with Crippen LogP contribution < -0.4 is 5.73 Å². The van der Waals surface area contributed by atoms with Crippen molar-refractivity contribution < 1.29 is 4.79 Å². The second kappa shape index (κ2) is 3.67. The van der Waals surface area contributed by atoms with Crippen molar-refractivity contribution in [2.75, 3.05) is 0 Å². The highest BCUT2D eigenvalue weighted by atomic mass is 16.1. The standard InChI is InChI=1S/C7H10N2O/c1-5(4-8)3-6(2)7(9)10/h3,5H,1-2H3,(H2,9,10). The summed E-state index contributed by atoms with van der Waals surface area (Å²) >= 11 is 0. The number of nitrogens with two attached hydrogens (primary N) is 1. The molecule has 0 saturated heterocycles. The summed E-state index contributed by atoms with van der Waals surface area (Å²) in [5.74, 6) is -0.713. The van der Waals surface area contributed by atoms with Crippen LogP contribution in [0.4, 0.5) is 0 Å². The topological polar surface area (TPSA) is 66.9 Å². The van der Waals surface area contributed by atoms with Crippen molar-refractivity contribution in [2.45, 2.75) is 13.8 Å². The number of allylic oxidation sites excluding steroid dienone is 1. The monoisotopic (exact) mass is 138 g/mol. The van der Waals surface area contributed by atoms with E-state index >= 15 is 0 Å². The Kier molecular flexibility index (Phi) is 3.20. The molecule has 0 spiro atoms. The molecule has 0 aliphatic rings. The molecule has 0 heterocycles. The molecule has 0 rings (SSSR count). The van der Waals surface area contributed by atoms with Gasteiger partial charge in [0.25, 0.3) is 0 Å². The van der Waals surface area contributed by atoms with Crippen LogP contribution in [0.2, 0.25) is 0 Å². The summed E-state index contributed by atoms with van der Waals surface area (Å²) < 4.78 is 0. The molecule has 0 aliphatic heterocycles. The molecule has 2 N–H and O–H groups in total. The Morgan fingerprint density at radius 2 is 2.30 bits per heavy atom. The number of hydrogen-bond acceptors (Lipinski definition) is 2. The van der Waals surface area contributed by atoms with Gasteiger partial charge in [-0.25, -0.2) is 0 Å². The quantitative estimate of drug-likeness (QED) is 0.567. The van der Waals surface area contributed by atoms with E-state index in [1.165, 1.54) is 0 Å². The van der Waals surface area contributed by atoms with Crippen LogP contribution in [0.5, 0.6) is 0 Å². The number of nitriles is 1. The van der Waals surface area contributed by atoms with E-state index in [1.807, 2.05) is 6.07 Å². The van der Waals surface area contributed by atoms with E-state index < -0.39 is 5.91 Å². The lowest BCUT2D eigenvalue weighted by molar-refractivity contribution is -0.114. The first-order chi connectivity index (χ1) is 4.57. The summed E-state index contributed by atoms with van der Waals surface area (Å²) in [5.41, 5.74) is 5.36. The fraction of sp³-hybridized carbons (Fsp3) is 0.429. The molecule has 0 saturated carbocycles. The minimum absolute atomic E-state index is 0.243. The van der Waals surface area contributed by atoms with Crippen molar-refractivity contribution in [1.82, 2.24) is 0 Å². The van der Waals surface area contributed by atoms with Gasteiger partial charge in [-0.15, -0.1) is 0 Å². The van der Waals surface area contributed by atoms with Gasteiger partial charge in [-0.3, -0.25) is 4.79 Å². The van der Waals surface area contributed by atoms with Crippen molar-refractivity contribution in [2.24, 2.45) is 11.7 Å². The second-order valence-corrected chi connectivity index (χ2v) is 2.13. The summed E-state index contributed by atoms with van der Waals surface area (Å²) in [5, 5.41) is 8.32. The maximum atomic E-state index is 10.4. The van der Waals surface area contributed by atoms with E-state index in [0.717, 1.165) is 0 Å². The molecule has 1 atom stereocenters. The Balaban J connectivity index is 4.20. The molecule has 0 aromatic carbocycles. The maximum Gasteiger partial charge on any atom is 0.244 e. The van der Waals surface area contributed by atoms with E-state index in [1.54, 1.807) is 19.9 Å². The highest BCUT2D eigenvalue weighted by molar-refractivity contribution is 5.91. The van der Waals surface area contributed by atoms with Gasteiger partial charge in [0.05, 0.1) is 12.0 Å². The van der Waals surface area contributed by atoms with E-state index in [0.29, 0.717) is 5.57 Å². The van der Waals surface area contributed by atoms with Gasteiger partial charge in [0.2, 0.25) is 5.91 Å². The van der Waals surface area contributed by atoms with Gasteiger partial charge < -0.3 is 5.73 Å². The smallest absolute Gasteiger partial charge is 0.244 e. The van der Waals surface area contributed by atoms with Gasteiger partial charge in [0.15, 0.2) is 0 Å². The molecule has 0 fully saturated rings. The summed E-state index contributed by atoms with van der Waals surface area (Å²) in [7, 11) is 0. The van der Waals surface area contributed by atoms with Crippen molar-refractivity contribution in [3.8, 4) is 6.07 Å². The average molecular weight is 138 g/mol. The van der Waals surface area contributed by atoms with Gasteiger partial charge in [-0.1, -0.05) is 6.08 Å². The van der Waals surface area contributed by atoms with E-state index in [-0.39, 0.29) is 5.92 Å². The number of amides is 1. The molecule has 3 nitrogen and oxygen atoms in total. The molecular formula is C7H10N2O. The van der Waals surface area contributed by atoms with Crippen LogP contribution in [0, 0.1) is 17.2 Å². The number of primary amides is 1. The largest absolute Gasteiger partial charge is 0.366 e. The zero-order valence-electron chi connectivity index (χ0n) is 6.09. The summed E-state index contributed by atoms with van der Waals surface area (Å²) in [6, 6.07) is 1.97. The second-order valence-electron chi connectivity index (χ2n) is 2.13. The third-order valence-electron chi connectivity index (χ3n) is 1.09. The summed E-state index contributed by atoms with van der Waals surface area (Å²) in [4.78, 5) is 10.4. The van der Waals surface area contributed by atoms with E-state index in [9.17, 15) is 4.79 Å². The molecule has 1 amide bonds.